The fourth-order valence-corrected chi connectivity index (χ4v) is 3.42. The number of hydrogen-bond donors (Lipinski definition) is 2. The van der Waals surface area contributed by atoms with Crippen LogP contribution < -0.4 is 15.4 Å². The molecule has 0 bridgehead atoms. The number of nitrogens with zero attached hydrogens (tertiary/aromatic N) is 5. The van der Waals surface area contributed by atoms with Crippen molar-refractivity contribution in [2.75, 3.05) is 33.8 Å². The first kappa shape index (κ1) is 19.2. The number of hydrogen-bond acceptors (Lipinski definition) is 5. The molecule has 1 aromatic carbocycles. The summed E-state index contributed by atoms with van der Waals surface area (Å²) in [5.74, 6) is 2.51. The zero-order valence-electron chi connectivity index (χ0n) is 16.4. The first-order valence-corrected chi connectivity index (χ1v) is 9.36. The first-order chi connectivity index (χ1) is 13.2. The van der Waals surface area contributed by atoms with E-state index in [0.717, 1.165) is 37.2 Å². The number of likely N-dealkylation sites (tertiary alicyclic amines) is 1. The van der Waals surface area contributed by atoms with Gasteiger partial charge in [-0.05, 0) is 43.6 Å². The van der Waals surface area contributed by atoms with Gasteiger partial charge in [0.05, 0.1) is 19.7 Å². The van der Waals surface area contributed by atoms with Crippen molar-refractivity contribution >= 4 is 5.96 Å². The van der Waals surface area contributed by atoms with Crippen LogP contribution in [0.15, 0.2) is 35.6 Å². The highest BCUT2D eigenvalue weighted by molar-refractivity contribution is 5.79. The van der Waals surface area contributed by atoms with Crippen LogP contribution in [-0.4, -0.2) is 59.4 Å². The van der Waals surface area contributed by atoms with E-state index < -0.39 is 0 Å². The van der Waals surface area contributed by atoms with Gasteiger partial charge >= 0.3 is 0 Å². The smallest absolute Gasteiger partial charge is 0.191 e. The van der Waals surface area contributed by atoms with Crippen LogP contribution in [0.2, 0.25) is 0 Å². The predicted molar refractivity (Wildman–Crippen MR) is 106 cm³/mol. The van der Waals surface area contributed by atoms with Crippen LogP contribution in [0, 0.1) is 0 Å². The van der Waals surface area contributed by atoms with Crippen LogP contribution in [0.1, 0.15) is 30.3 Å². The fraction of sp³-hybridized carbons (Fsp3) is 0.526. The van der Waals surface area contributed by atoms with Gasteiger partial charge in [0.25, 0.3) is 0 Å². The Kier molecular flexibility index (Phi) is 6.64. The van der Waals surface area contributed by atoms with Crippen LogP contribution in [0.4, 0.5) is 0 Å². The number of ether oxygens (including phenoxy) is 1. The molecule has 2 aromatic rings. The second-order valence-electron chi connectivity index (χ2n) is 6.64. The Labute approximate surface area is 160 Å². The van der Waals surface area contributed by atoms with Gasteiger partial charge < -0.3 is 15.4 Å². The van der Waals surface area contributed by atoms with Gasteiger partial charge in [-0.3, -0.25) is 14.6 Å². The molecule has 1 aliphatic heterocycles. The molecule has 1 unspecified atom stereocenters. The molecular formula is C19H29N7O. The third-order valence-electron chi connectivity index (χ3n) is 4.97. The molecule has 27 heavy (non-hydrogen) atoms. The van der Waals surface area contributed by atoms with Gasteiger partial charge in [-0.1, -0.05) is 12.1 Å². The number of methoxy groups -OCH3 is 1. The molecule has 146 valence electrons. The largest absolute Gasteiger partial charge is 0.497 e. The lowest BCUT2D eigenvalue weighted by Gasteiger charge is -2.29. The van der Waals surface area contributed by atoms with E-state index in [-0.39, 0.29) is 6.04 Å². The third-order valence-corrected chi connectivity index (χ3v) is 4.97. The van der Waals surface area contributed by atoms with E-state index in [1.54, 1.807) is 25.2 Å². The monoisotopic (exact) mass is 371 g/mol. The van der Waals surface area contributed by atoms with Crippen molar-refractivity contribution in [3.8, 4) is 5.75 Å². The van der Waals surface area contributed by atoms with Crippen molar-refractivity contribution in [3.63, 3.8) is 0 Å². The normalized spacial score (nSPS) is 16.3. The van der Waals surface area contributed by atoms with E-state index in [1.165, 1.54) is 18.4 Å². The minimum Gasteiger partial charge on any atom is -0.497 e. The molecule has 1 aromatic heterocycles. The standard InChI is InChI=1S/C19H29N7O/c1-20-19(22-13-18-23-14-24-25(18)2)21-12-17(26-9-4-5-10-26)15-7-6-8-16(11-15)27-3/h6-8,11,14,17H,4-5,9-10,12-13H2,1-3H3,(H2,20,21,22). The molecule has 0 aliphatic carbocycles. The molecule has 2 heterocycles. The lowest BCUT2D eigenvalue weighted by atomic mass is 10.1. The number of rotatable bonds is 7. The highest BCUT2D eigenvalue weighted by Crippen LogP contribution is 2.27. The third kappa shape index (κ3) is 4.97. The molecule has 2 N–H and O–H groups in total. The van der Waals surface area contributed by atoms with Gasteiger partial charge in [0, 0.05) is 20.6 Å². The average Bonchev–Trinajstić information content (AvgIpc) is 3.37. The van der Waals surface area contributed by atoms with Gasteiger partial charge in [-0.2, -0.15) is 5.10 Å². The molecular weight excluding hydrogens is 342 g/mol. The summed E-state index contributed by atoms with van der Waals surface area (Å²) in [6.45, 7) is 3.58. The Bertz CT molecular complexity index is 752. The van der Waals surface area contributed by atoms with E-state index in [9.17, 15) is 0 Å². The van der Waals surface area contributed by atoms with Gasteiger partial charge in [0.1, 0.15) is 17.9 Å². The highest BCUT2D eigenvalue weighted by atomic mass is 16.5. The Balaban J connectivity index is 1.65. The van der Waals surface area contributed by atoms with Crippen molar-refractivity contribution in [1.82, 2.24) is 30.3 Å². The van der Waals surface area contributed by atoms with Crippen molar-refractivity contribution in [2.45, 2.75) is 25.4 Å². The molecule has 1 atom stereocenters. The summed E-state index contributed by atoms with van der Waals surface area (Å²) in [5, 5.41) is 10.9. The maximum Gasteiger partial charge on any atom is 0.191 e. The van der Waals surface area contributed by atoms with Gasteiger partial charge in [-0.25, -0.2) is 4.98 Å². The Hall–Kier alpha value is -2.61. The maximum absolute atomic E-state index is 5.42. The Morgan fingerprint density at radius 1 is 1.30 bits per heavy atom. The van der Waals surface area contributed by atoms with Crippen LogP contribution in [0.5, 0.6) is 5.75 Å². The van der Waals surface area contributed by atoms with Crippen molar-refractivity contribution in [3.05, 3.63) is 42.0 Å². The zero-order chi connectivity index (χ0) is 19.1. The second-order valence-corrected chi connectivity index (χ2v) is 6.64. The predicted octanol–water partition coefficient (Wildman–Crippen LogP) is 1.33. The Morgan fingerprint density at radius 3 is 2.78 bits per heavy atom. The summed E-state index contributed by atoms with van der Waals surface area (Å²) in [7, 11) is 5.37. The van der Waals surface area contributed by atoms with Crippen LogP contribution in [0.25, 0.3) is 0 Å². The number of benzene rings is 1. The quantitative estimate of drug-likeness (QED) is 0.565. The minimum absolute atomic E-state index is 0.274. The molecule has 8 nitrogen and oxygen atoms in total. The number of aromatic nitrogens is 3. The van der Waals surface area contributed by atoms with E-state index in [4.69, 9.17) is 4.74 Å². The summed E-state index contributed by atoms with van der Waals surface area (Å²) in [5.41, 5.74) is 1.26. The van der Waals surface area contributed by atoms with Crippen molar-refractivity contribution in [2.24, 2.45) is 12.0 Å². The summed E-state index contributed by atoms with van der Waals surface area (Å²) in [4.78, 5) is 11.1. The van der Waals surface area contributed by atoms with E-state index in [1.807, 2.05) is 13.1 Å². The van der Waals surface area contributed by atoms with Crippen molar-refractivity contribution in [1.29, 1.82) is 0 Å². The number of aliphatic imine (C=N–C) groups is 1. The summed E-state index contributed by atoms with van der Waals surface area (Å²) in [6, 6.07) is 8.61. The van der Waals surface area contributed by atoms with E-state index >= 15 is 0 Å². The molecule has 1 aliphatic rings. The molecule has 0 spiro atoms. The zero-order valence-corrected chi connectivity index (χ0v) is 16.4. The van der Waals surface area contributed by atoms with Crippen LogP contribution in [-0.2, 0) is 13.6 Å². The molecule has 0 saturated carbocycles. The topological polar surface area (TPSA) is 79.6 Å². The van der Waals surface area contributed by atoms with Crippen molar-refractivity contribution < 1.29 is 4.74 Å². The molecule has 1 fully saturated rings. The number of aryl methyl sites for hydroxylation is 1. The highest BCUT2D eigenvalue weighted by Gasteiger charge is 2.24. The summed E-state index contributed by atoms with van der Waals surface area (Å²) >= 11 is 0. The average molecular weight is 371 g/mol. The van der Waals surface area contributed by atoms with Crippen LogP contribution >= 0.6 is 0 Å². The van der Waals surface area contributed by atoms with Gasteiger partial charge in [0.2, 0.25) is 0 Å². The molecule has 8 heteroatoms. The minimum atomic E-state index is 0.274. The lowest BCUT2D eigenvalue weighted by molar-refractivity contribution is 0.245. The number of nitrogens with one attached hydrogen (secondary N) is 2. The SMILES string of the molecule is CN=C(NCc1ncnn1C)NCC(c1cccc(OC)c1)N1CCCC1. The fourth-order valence-electron chi connectivity index (χ4n) is 3.42. The lowest BCUT2D eigenvalue weighted by Crippen LogP contribution is -2.42. The first-order valence-electron chi connectivity index (χ1n) is 9.36. The summed E-state index contributed by atoms with van der Waals surface area (Å²) in [6.07, 6.45) is 4.05. The molecule has 0 amide bonds. The molecule has 3 rings (SSSR count). The van der Waals surface area contributed by atoms with Gasteiger partial charge in [-0.15, -0.1) is 0 Å². The second kappa shape index (κ2) is 9.36. The molecule has 0 radical (unpaired) electrons. The number of guanidine groups is 1. The summed E-state index contributed by atoms with van der Waals surface area (Å²) < 4.78 is 7.17. The Morgan fingerprint density at radius 2 is 2.11 bits per heavy atom. The maximum atomic E-state index is 5.42. The van der Waals surface area contributed by atoms with Crippen LogP contribution in [0.3, 0.4) is 0 Å². The molecule has 1 saturated heterocycles. The van der Waals surface area contributed by atoms with E-state index in [2.05, 4.69) is 48.8 Å². The van der Waals surface area contributed by atoms with Gasteiger partial charge in [0.15, 0.2) is 5.96 Å². The van der Waals surface area contributed by atoms with E-state index in [0.29, 0.717) is 6.54 Å².